The molecule has 0 aromatic carbocycles. The highest BCUT2D eigenvalue weighted by Crippen LogP contribution is 2.33. The lowest BCUT2D eigenvalue weighted by Crippen LogP contribution is -2.43. The van der Waals surface area contributed by atoms with Gasteiger partial charge in [0, 0.05) is 16.9 Å². The first kappa shape index (κ1) is 16.5. The fourth-order valence-electron chi connectivity index (χ4n) is 2.59. The fraction of sp³-hybridized carbons (Fsp3) is 0.688. The molecule has 2 atom stereocenters. The van der Waals surface area contributed by atoms with Gasteiger partial charge in [0.2, 0.25) is 5.91 Å². The Balaban J connectivity index is 2.29. The zero-order valence-electron chi connectivity index (χ0n) is 13.8. The maximum absolute atomic E-state index is 12.7. The molecule has 21 heavy (non-hydrogen) atoms. The summed E-state index contributed by atoms with van der Waals surface area (Å²) in [5, 5.41) is 3.50. The maximum Gasteiger partial charge on any atom is 0.241 e. The molecule has 1 aliphatic rings. The van der Waals surface area contributed by atoms with Gasteiger partial charge in [-0.15, -0.1) is 11.3 Å². The smallest absolute Gasteiger partial charge is 0.241 e. The molecule has 2 rings (SSSR count). The molecule has 1 aromatic rings. The van der Waals surface area contributed by atoms with E-state index in [0.29, 0.717) is 6.54 Å². The highest BCUT2D eigenvalue weighted by atomic mass is 32.1. The number of hydrogen-bond acceptors (Lipinski definition) is 4. The molecule has 1 aliphatic heterocycles. The Morgan fingerprint density at radius 3 is 2.57 bits per heavy atom. The van der Waals surface area contributed by atoms with E-state index < -0.39 is 0 Å². The topological polar surface area (TPSA) is 41.6 Å². The van der Waals surface area contributed by atoms with E-state index in [1.165, 1.54) is 9.75 Å². The number of carbonyl (C=O) groups is 1. The SMILES string of the molecule is COC(C)(C)CN1C(=O)C(C(C)C)NC1c1ccc(C)s1. The Bertz CT molecular complexity index is 510. The second-order valence-corrected chi connectivity index (χ2v) is 7.99. The quantitative estimate of drug-likeness (QED) is 0.909. The van der Waals surface area contributed by atoms with Gasteiger partial charge in [0.25, 0.3) is 0 Å². The second kappa shape index (κ2) is 6.07. The summed E-state index contributed by atoms with van der Waals surface area (Å²) in [6, 6.07) is 4.10. The van der Waals surface area contributed by atoms with E-state index in [1.807, 2.05) is 18.7 Å². The number of carbonyl (C=O) groups excluding carboxylic acids is 1. The van der Waals surface area contributed by atoms with Crippen molar-refractivity contribution in [1.82, 2.24) is 10.2 Å². The van der Waals surface area contributed by atoms with Gasteiger partial charge in [-0.3, -0.25) is 10.1 Å². The largest absolute Gasteiger partial charge is 0.377 e. The highest BCUT2D eigenvalue weighted by Gasteiger charge is 2.43. The maximum atomic E-state index is 12.7. The molecule has 0 aliphatic carbocycles. The van der Waals surface area contributed by atoms with Gasteiger partial charge < -0.3 is 9.64 Å². The Morgan fingerprint density at radius 2 is 2.10 bits per heavy atom. The Kier molecular flexibility index (Phi) is 4.76. The van der Waals surface area contributed by atoms with E-state index in [1.54, 1.807) is 18.4 Å². The molecule has 4 nitrogen and oxygen atoms in total. The number of amides is 1. The lowest BCUT2D eigenvalue weighted by molar-refractivity contribution is -0.134. The number of nitrogens with zero attached hydrogens (tertiary/aromatic N) is 1. The van der Waals surface area contributed by atoms with E-state index in [0.717, 1.165) is 0 Å². The van der Waals surface area contributed by atoms with Gasteiger partial charge in [-0.05, 0) is 38.8 Å². The summed E-state index contributed by atoms with van der Waals surface area (Å²) in [5.41, 5.74) is -0.353. The molecule has 1 aromatic heterocycles. The zero-order chi connectivity index (χ0) is 15.8. The minimum Gasteiger partial charge on any atom is -0.377 e. The van der Waals surface area contributed by atoms with Crippen molar-refractivity contribution in [3.63, 3.8) is 0 Å². The number of ether oxygens (including phenoxy) is 1. The van der Waals surface area contributed by atoms with Crippen LogP contribution in [0.25, 0.3) is 0 Å². The number of aryl methyl sites for hydroxylation is 1. The first-order valence-corrected chi connectivity index (χ1v) is 8.25. The van der Waals surface area contributed by atoms with Gasteiger partial charge in [-0.25, -0.2) is 0 Å². The number of thiophene rings is 1. The van der Waals surface area contributed by atoms with Gasteiger partial charge in [0.1, 0.15) is 6.17 Å². The summed E-state index contributed by atoms with van der Waals surface area (Å²) in [5.74, 6) is 0.447. The monoisotopic (exact) mass is 310 g/mol. The van der Waals surface area contributed by atoms with Gasteiger partial charge in [-0.2, -0.15) is 0 Å². The predicted molar refractivity (Wildman–Crippen MR) is 86.4 cm³/mol. The molecule has 0 saturated carbocycles. The minimum atomic E-state index is -0.353. The van der Waals surface area contributed by atoms with Crippen LogP contribution in [0.2, 0.25) is 0 Å². The third-order valence-corrected chi connectivity index (χ3v) is 5.05. The van der Waals surface area contributed by atoms with Crippen LogP contribution in [0.15, 0.2) is 12.1 Å². The molecule has 0 radical (unpaired) electrons. The van der Waals surface area contributed by atoms with Crippen molar-refractivity contribution in [3.8, 4) is 0 Å². The summed E-state index contributed by atoms with van der Waals surface area (Å²) in [7, 11) is 1.69. The van der Waals surface area contributed by atoms with Crippen LogP contribution in [0, 0.1) is 12.8 Å². The van der Waals surface area contributed by atoms with Crippen molar-refractivity contribution in [3.05, 3.63) is 21.9 Å². The van der Waals surface area contributed by atoms with Crippen LogP contribution in [0.1, 0.15) is 43.6 Å². The molecule has 1 N–H and O–H groups in total. The summed E-state index contributed by atoms with van der Waals surface area (Å²) < 4.78 is 5.51. The Hall–Kier alpha value is -0.910. The van der Waals surface area contributed by atoms with Crippen molar-refractivity contribution < 1.29 is 9.53 Å². The molecule has 2 heterocycles. The molecule has 0 spiro atoms. The van der Waals surface area contributed by atoms with E-state index in [2.05, 4.69) is 38.2 Å². The third-order valence-electron chi connectivity index (χ3n) is 4.00. The number of methoxy groups -OCH3 is 1. The number of hydrogen-bond donors (Lipinski definition) is 1. The Morgan fingerprint density at radius 1 is 1.43 bits per heavy atom. The summed E-state index contributed by atoms with van der Waals surface area (Å²) in [6.07, 6.45) is -0.0435. The van der Waals surface area contributed by atoms with Gasteiger partial charge in [0.15, 0.2) is 0 Å². The van der Waals surface area contributed by atoms with Crippen LogP contribution < -0.4 is 5.32 Å². The first-order valence-electron chi connectivity index (χ1n) is 7.43. The van der Waals surface area contributed by atoms with E-state index in [-0.39, 0.29) is 29.6 Å². The summed E-state index contributed by atoms with van der Waals surface area (Å²) in [6.45, 7) is 10.9. The average molecular weight is 310 g/mol. The van der Waals surface area contributed by atoms with Crippen molar-refractivity contribution in [2.45, 2.75) is 52.4 Å². The van der Waals surface area contributed by atoms with Crippen molar-refractivity contribution >= 4 is 17.2 Å². The van der Waals surface area contributed by atoms with Crippen LogP contribution in [0.3, 0.4) is 0 Å². The van der Waals surface area contributed by atoms with E-state index in [9.17, 15) is 4.79 Å². The van der Waals surface area contributed by atoms with Crippen molar-refractivity contribution in [1.29, 1.82) is 0 Å². The Labute approximate surface area is 131 Å². The highest BCUT2D eigenvalue weighted by molar-refractivity contribution is 7.12. The molecule has 1 fully saturated rings. The van der Waals surface area contributed by atoms with Gasteiger partial charge in [-0.1, -0.05) is 13.8 Å². The fourth-order valence-corrected chi connectivity index (χ4v) is 3.55. The minimum absolute atomic E-state index is 0.0435. The van der Waals surface area contributed by atoms with Crippen molar-refractivity contribution in [2.24, 2.45) is 5.92 Å². The van der Waals surface area contributed by atoms with Crippen LogP contribution >= 0.6 is 11.3 Å². The molecular formula is C16H26N2O2S. The normalized spacial score (nSPS) is 23.4. The number of nitrogens with one attached hydrogen (secondary N) is 1. The summed E-state index contributed by atoms with van der Waals surface area (Å²) in [4.78, 5) is 17.1. The molecule has 5 heteroatoms. The average Bonchev–Trinajstić information content (AvgIpc) is 2.95. The van der Waals surface area contributed by atoms with E-state index in [4.69, 9.17) is 4.74 Å². The third kappa shape index (κ3) is 3.47. The molecule has 0 bridgehead atoms. The lowest BCUT2D eigenvalue weighted by Gasteiger charge is -2.32. The molecule has 118 valence electrons. The first-order chi connectivity index (χ1) is 9.75. The standard InChI is InChI=1S/C16H26N2O2S/c1-10(2)13-15(19)18(9-16(4,5)20-6)14(17-13)12-8-7-11(3)21-12/h7-8,10,13-14,17H,9H2,1-6H3. The van der Waals surface area contributed by atoms with Crippen molar-refractivity contribution in [2.75, 3.05) is 13.7 Å². The lowest BCUT2D eigenvalue weighted by atomic mass is 10.0. The molecule has 2 unspecified atom stereocenters. The van der Waals surface area contributed by atoms with Gasteiger partial charge in [0.05, 0.1) is 18.2 Å². The van der Waals surface area contributed by atoms with E-state index >= 15 is 0 Å². The molecule has 1 saturated heterocycles. The number of rotatable bonds is 5. The van der Waals surface area contributed by atoms with Crippen LogP contribution in [-0.4, -0.2) is 36.1 Å². The zero-order valence-corrected chi connectivity index (χ0v) is 14.6. The van der Waals surface area contributed by atoms with Gasteiger partial charge >= 0.3 is 0 Å². The predicted octanol–water partition coefficient (Wildman–Crippen LogP) is 2.94. The second-order valence-electron chi connectivity index (χ2n) is 6.67. The van der Waals surface area contributed by atoms with Crippen LogP contribution in [0.4, 0.5) is 0 Å². The van der Waals surface area contributed by atoms with Crippen LogP contribution in [0.5, 0.6) is 0 Å². The summed E-state index contributed by atoms with van der Waals surface area (Å²) >= 11 is 1.74. The van der Waals surface area contributed by atoms with Crippen LogP contribution in [-0.2, 0) is 9.53 Å². The molecule has 1 amide bonds. The molecular weight excluding hydrogens is 284 g/mol.